The number of nitrogens with one attached hydrogen (secondary N) is 2. The Bertz CT molecular complexity index is 392. The van der Waals surface area contributed by atoms with Crippen LogP contribution in [-0.4, -0.2) is 20.0 Å². The third-order valence-electron chi connectivity index (χ3n) is 2.22. The Labute approximate surface area is 74.8 Å². The molecule has 2 aromatic heterocycles. The van der Waals surface area contributed by atoms with E-state index >= 15 is 0 Å². The highest BCUT2D eigenvalue weighted by Gasteiger charge is 2.14. The number of aromatic nitrogens is 4. The lowest BCUT2D eigenvalue weighted by Gasteiger charge is -1.95. The van der Waals surface area contributed by atoms with Crippen LogP contribution in [-0.2, 0) is 13.1 Å². The Balaban J connectivity index is 2.08. The second kappa shape index (κ2) is 2.43. The number of rotatable bonds is 1. The van der Waals surface area contributed by atoms with E-state index in [2.05, 4.69) is 20.6 Å². The molecular formula is C8H9N5. The molecule has 66 valence electrons. The van der Waals surface area contributed by atoms with Gasteiger partial charge in [-0.2, -0.15) is 10.2 Å². The van der Waals surface area contributed by atoms with E-state index in [1.54, 1.807) is 6.20 Å². The first kappa shape index (κ1) is 6.85. The Morgan fingerprint density at radius 2 is 2.38 bits per heavy atom. The maximum atomic E-state index is 4.42. The van der Waals surface area contributed by atoms with Crippen molar-refractivity contribution in [3.8, 4) is 5.82 Å². The number of nitrogens with zero attached hydrogens (tertiary/aromatic N) is 3. The zero-order valence-electron chi connectivity index (χ0n) is 6.99. The summed E-state index contributed by atoms with van der Waals surface area (Å²) >= 11 is 0. The van der Waals surface area contributed by atoms with Crippen LogP contribution in [0.2, 0.25) is 0 Å². The van der Waals surface area contributed by atoms with Crippen LogP contribution in [0.25, 0.3) is 5.82 Å². The fourth-order valence-corrected chi connectivity index (χ4v) is 1.56. The van der Waals surface area contributed by atoms with E-state index in [1.165, 1.54) is 5.56 Å². The van der Waals surface area contributed by atoms with Gasteiger partial charge in [0.1, 0.15) is 5.82 Å². The van der Waals surface area contributed by atoms with Gasteiger partial charge >= 0.3 is 0 Å². The van der Waals surface area contributed by atoms with Gasteiger partial charge in [-0.25, -0.2) is 4.68 Å². The first-order valence-corrected chi connectivity index (χ1v) is 4.21. The molecule has 0 atom stereocenters. The average molecular weight is 175 g/mol. The number of hydrogen-bond acceptors (Lipinski definition) is 3. The normalized spacial score (nSPS) is 14.8. The summed E-state index contributed by atoms with van der Waals surface area (Å²) in [6, 6.07) is 1.90. The lowest BCUT2D eigenvalue weighted by Crippen LogP contribution is -2.05. The van der Waals surface area contributed by atoms with Gasteiger partial charge in [-0.3, -0.25) is 5.10 Å². The minimum atomic E-state index is 0.871. The largest absolute Gasteiger partial charge is 0.307 e. The average Bonchev–Trinajstić information content (AvgIpc) is 2.78. The molecule has 2 aromatic rings. The molecule has 3 heterocycles. The van der Waals surface area contributed by atoms with Crippen molar-refractivity contribution < 1.29 is 0 Å². The Hall–Kier alpha value is -1.62. The third-order valence-corrected chi connectivity index (χ3v) is 2.22. The van der Waals surface area contributed by atoms with Gasteiger partial charge in [0.05, 0.1) is 11.9 Å². The van der Waals surface area contributed by atoms with Gasteiger partial charge in [0.2, 0.25) is 0 Å². The van der Waals surface area contributed by atoms with Crippen molar-refractivity contribution in [3.05, 3.63) is 29.7 Å². The van der Waals surface area contributed by atoms with E-state index in [-0.39, 0.29) is 0 Å². The van der Waals surface area contributed by atoms with Gasteiger partial charge in [-0.05, 0) is 0 Å². The Kier molecular flexibility index (Phi) is 1.28. The van der Waals surface area contributed by atoms with E-state index in [4.69, 9.17) is 0 Å². The molecule has 5 nitrogen and oxygen atoms in total. The summed E-state index contributed by atoms with van der Waals surface area (Å²) in [6.45, 7) is 1.79. The van der Waals surface area contributed by atoms with Crippen molar-refractivity contribution in [2.24, 2.45) is 0 Å². The van der Waals surface area contributed by atoms with Crippen LogP contribution in [0.15, 0.2) is 18.5 Å². The zero-order chi connectivity index (χ0) is 8.67. The zero-order valence-corrected chi connectivity index (χ0v) is 6.99. The first-order chi connectivity index (χ1) is 6.43. The lowest BCUT2D eigenvalue weighted by molar-refractivity contribution is 0.715. The summed E-state index contributed by atoms with van der Waals surface area (Å²) in [7, 11) is 0. The van der Waals surface area contributed by atoms with Gasteiger partial charge in [0.25, 0.3) is 0 Å². The molecule has 0 saturated heterocycles. The van der Waals surface area contributed by atoms with Crippen molar-refractivity contribution >= 4 is 0 Å². The molecule has 5 heteroatoms. The fourth-order valence-electron chi connectivity index (χ4n) is 1.56. The fraction of sp³-hybridized carbons (Fsp3) is 0.250. The number of fused-ring (bicyclic) bond motifs is 1. The predicted octanol–water partition coefficient (Wildman–Crippen LogP) is 0.199. The predicted molar refractivity (Wildman–Crippen MR) is 46.3 cm³/mol. The Morgan fingerprint density at radius 3 is 3.15 bits per heavy atom. The van der Waals surface area contributed by atoms with E-state index in [0.717, 1.165) is 24.6 Å². The molecule has 0 bridgehead atoms. The summed E-state index contributed by atoms with van der Waals surface area (Å²) in [5.41, 5.74) is 2.41. The molecule has 0 saturated carbocycles. The molecule has 0 unspecified atom stereocenters. The Morgan fingerprint density at radius 1 is 1.38 bits per heavy atom. The van der Waals surface area contributed by atoms with Crippen molar-refractivity contribution in [2.45, 2.75) is 13.1 Å². The van der Waals surface area contributed by atoms with Crippen LogP contribution in [0.4, 0.5) is 0 Å². The summed E-state index contributed by atoms with van der Waals surface area (Å²) in [4.78, 5) is 0. The number of hydrogen-bond donors (Lipinski definition) is 2. The van der Waals surface area contributed by atoms with E-state index in [1.807, 2.05) is 16.9 Å². The van der Waals surface area contributed by atoms with Crippen LogP contribution in [0.3, 0.4) is 0 Å². The molecule has 0 aromatic carbocycles. The third kappa shape index (κ3) is 0.972. The monoisotopic (exact) mass is 175 g/mol. The molecule has 1 aliphatic rings. The van der Waals surface area contributed by atoms with Gasteiger partial charge in [-0.15, -0.1) is 0 Å². The molecular weight excluding hydrogens is 166 g/mol. The summed E-state index contributed by atoms with van der Waals surface area (Å²) in [6.07, 6.45) is 3.75. The van der Waals surface area contributed by atoms with Crippen LogP contribution < -0.4 is 5.32 Å². The van der Waals surface area contributed by atoms with Crippen molar-refractivity contribution in [1.82, 2.24) is 25.3 Å². The van der Waals surface area contributed by atoms with Crippen LogP contribution in [0.5, 0.6) is 0 Å². The van der Waals surface area contributed by atoms with Crippen LogP contribution in [0, 0.1) is 0 Å². The van der Waals surface area contributed by atoms with Crippen molar-refractivity contribution in [1.29, 1.82) is 0 Å². The molecule has 0 fully saturated rings. The lowest BCUT2D eigenvalue weighted by atomic mass is 10.3. The van der Waals surface area contributed by atoms with Crippen molar-refractivity contribution in [3.63, 3.8) is 0 Å². The van der Waals surface area contributed by atoms with Gasteiger partial charge in [0, 0.05) is 30.9 Å². The number of aromatic amines is 1. The molecule has 3 rings (SSSR count). The van der Waals surface area contributed by atoms with Crippen LogP contribution in [0.1, 0.15) is 11.3 Å². The van der Waals surface area contributed by atoms with E-state index < -0.39 is 0 Å². The smallest absolute Gasteiger partial charge is 0.149 e. The van der Waals surface area contributed by atoms with E-state index in [9.17, 15) is 0 Å². The van der Waals surface area contributed by atoms with Crippen LogP contribution >= 0.6 is 0 Å². The topological polar surface area (TPSA) is 58.5 Å². The highest BCUT2D eigenvalue weighted by Crippen LogP contribution is 2.14. The quantitative estimate of drug-likeness (QED) is 0.651. The summed E-state index contributed by atoms with van der Waals surface area (Å²) in [5, 5.41) is 14.4. The molecule has 0 radical (unpaired) electrons. The minimum absolute atomic E-state index is 0.871. The first-order valence-electron chi connectivity index (χ1n) is 4.21. The molecule has 0 amide bonds. The molecule has 2 N–H and O–H groups in total. The second-order valence-electron chi connectivity index (χ2n) is 3.09. The van der Waals surface area contributed by atoms with E-state index in [0.29, 0.717) is 0 Å². The second-order valence-corrected chi connectivity index (χ2v) is 3.09. The maximum absolute atomic E-state index is 4.42. The van der Waals surface area contributed by atoms with Gasteiger partial charge in [-0.1, -0.05) is 0 Å². The minimum Gasteiger partial charge on any atom is -0.307 e. The number of H-pyrrole nitrogens is 1. The molecule has 0 spiro atoms. The highest BCUT2D eigenvalue weighted by molar-refractivity contribution is 5.27. The summed E-state index contributed by atoms with van der Waals surface area (Å²) in [5.74, 6) is 0.911. The standard InChI is InChI=1S/C8H9N5/c1-2-10-11-8(1)13-5-6-3-9-4-7(6)12-13/h1-2,5,9H,3-4H2,(H,10,11). The summed E-state index contributed by atoms with van der Waals surface area (Å²) < 4.78 is 1.83. The van der Waals surface area contributed by atoms with Gasteiger partial charge < -0.3 is 5.32 Å². The highest BCUT2D eigenvalue weighted by atomic mass is 15.3. The molecule has 13 heavy (non-hydrogen) atoms. The maximum Gasteiger partial charge on any atom is 0.149 e. The molecule has 0 aliphatic carbocycles. The molecule has 1 aliphatic heterocycles. The van der Waals surface area contributed by atoms with Crippen molar-refractivity contribution in [2.75, 3.05) is 0 Å². The van der Waals surface area contributed by atoms with Gasteiger partial charge in [0.15, 0.2) is 0 Å². The SMILES string of the molecule is c1cc(-n2cc3c(n2)CNC3)[nH]n1.